The number of carbonyl (C=O) groups excluding carboxylic acids is 3. The molecule has 6 nitrogen and oxygen atoms in total. The fraction of sp³-hybridized carbons (Fsp3) is 0.0833. The van der Waals surface area contributed by atoms with Gasteiger partial charge in [0.2, 0.25) is 5.91 Å². The Balaban J connectivity index is 1.47. The number of rotatable bonds is 3. The first-order chi connectivity index (χ1) is 14.6. The number of anilines is 1. The monoisotopic (exact) mass is 395 g/mol. The van der Waals surface area contributed by atoms with Gasteiger partial charge in [-0.25, -0.2) is 0 Å². The van der Waals surface area contributed by atoms with Crippen molar-refractivity contribution in [3.05, 3.63) is 84.1 Å². The number of hydrogen-bond donors (Lipinski definition) is 1. The normalized spacial score (nSPS) is 14.2. The number of imide groups is 1. The van der Waals surface area contributed by atoms with Gasteiger partial charge in [0.1, 0.15) is 6.04 Å². The molecule has 2 heterocycles. The summed E-state index contributed by atoms with van der Waals surface area (Å²) in [5.74, 6) is -1.35. The zero-order valence-corrected chi connectivity index (χ0v) is 16.1. The van der Waals surface area contributed by atoms with Gasteiger partial charge in [-0.05, 0) is 30.5 Å². The van der Waals surface area contributed by atoms with E-state index in [1.807, 2.05) is 36.4 Å². The van der Waals surface area contributed by atoms with Crippen LogP contribution in [-0.4, -0.2) is 33.6 Å². The highest BCUT2D eigenvalue weighted by atomic mass is 16.2. The summed E-state index contributed by atoms with van der Waals surface area (Å²) < 4.78 is 0. The average molecular weight is 395 g/mol. The Labute approximate surface area is 172 Å². The summed E-state index contributed by atoms with van der Waals surface area (Å²) in [7, 11) is 0. The van der Waals surface area contributed by atoms with Gasteiger partial charge in [0, 0.05) is 17.0 Å². The Hall–Kier alpha value is -4.06. The van der Waals surface area contributed by atoms with Crippen molar-refractivity contribution in [2.75, 3.05) is 5.32 Å². The van der Waals surface area contributed by atoms with E-state index in [1.165, 1.54) is 0 Å². The lowest BCUT2D eigenvalue weighted by molar-refractivity contribution is -0.119. The van der Waals surface area contributed by atoms with E-state index in [0.29, 0.717) is 16.8 Å². The molecule has 146 valence electrons. The number of hydrogen-bond acceptors (Lipinski definition) is 4. The van der Waals surface area contributed by atoms with Gasteiger partial charge in [-0.3, -0.25) is 24.3 Å². The molecule has 3 aromatic carbocycles. The van der Waals surface area contributed by atoms with Gasteiger partial charge in [0.25, 0.3) is 11.8 Å². The molecule has 3 amide bonds. The number of nitrogens with zero attached hydrogens (tertiary/aromatic N) is 2. The molecule has 0 saturated heterocycles. The van der Waals surface area contributed by atoms with Crippen LogP contribution >= 0.6 is 0 Å². The maximum Gasteiger partial charge on any atom is 0.262 e. The highest BCUT2D eigenvalue weighted by Crippen LogP contribution is 2.29. The van der Waals surface area contributed by atoms with E-state index < -0.39 is 23.8 Å². The predicted molar refractivity (Wildman–Crippen MR) is 114 cm³/mol. The smallest absolute Gasteiger partial charge is 0.262 e. The maximum absolute atomic E-state index is 13.0. The van der Waals surface area contributed by atoms with Gasteiger partial charge in [-0.2, -0.15) is 0 Å². The van der Waals surface area contributed by atoms with Gasteiger partial charge >= 0.3 is 0 Å². The number of carbonyl (C=O) groups is 3. The summed E-state index contributed by atoms with van der Waals surface area (Å²) in [6, 6.07) is 19.1. The molecule has 1 N–H and O–H groups in total. The fourth-order valence-electron chi connectivity index (χ4n) is 3.91. The van der Waals surface area contributed by atoms with Gasteiger partial charge < -0.3 is 5.32 Å². The second-order valence-electron chi connectivity index (χ2n) is 7.23. The van der Waals surface area contributed by atoms with Crippen molar-refractivity contribution >= 4 is 45.1 Å². The number of amides is 3. The van der Waals surface area contributed by atoms with E-state index >= 15 is 0 Å². The molecule has 0 saturated carbocycles. The average Bonchev–Trinajstić information content (AvgIpc) is 3.03. The van der Waals surface area contributed by atoms with E-state index in [-0.39, 0.29) is 0 Å². The van der Waals surface area contributed by atoms with Crippen molar-refractivity contribution in [3.63, 3.8) is 0 Å². The predicted octanol–water partition coefficient (Wildman–Crippen LogP) is 4.01. The van der Waals surface area contributed by atoms with Crippen LogP contribution in [0.5, 0.6) is 0 Å². The third kappa shape index (κ3) is 2.65. The molecule has 30 heavy (non-hydrogen) atoms. The number of benzene rings is 3. The van der Waals surface area contributed by atoms with Gasteiger partial charge in [0.05, 0.1) is 22.3 Å². The molecule has 0 radical (unpaired) electrons. The third-order valence-corrected chi connectivity index (χ3v) is 5.49. The number of aromatic nitrogens is 1. The Morgan fingerprint density at radius 1 is 0.867 bits per heavy atom. The molecule has 0 spiro atoms. The third-order valence-electron chi connectivity index (χ3n) is 5.49. The minimum absolute atomic E-state index is 0.322. The minimum atomic E-state index is -0.957. The van der Waals surface area contributed by atoms with Crippen LogP contribution in [0.1, 0.15) is 27.6 Å². The summed E-state index contributed by atoms with van der Waals surface area (Å²) in [6.07, 6.45) is 1.64. The molecule has 0 bridgehead atoms. The van der Waals surface area contributed by atoms with Crippen LogP contribution in [0.3, 0.4) is 0 Å². The Kier molecular flexibility index (Phi) is 4.06. The van der Waals surface area contributed by atoms with Gasteiger partial charge in [-0.1, -0.05) is 48.5 Å². The topological polar surface area (TPSA) is 79.4 Å². The molecule has 0 fully saturated rings. The molecule has 0 unspecified atom stereocenters. The second kappa shape index (κ2) is 6.77. The molecule has 1 aliphatic heterocycles. The van der Waals surface area contributed by atoms with Crippen molar-refractivity contribution in [1.82, 2.24) is 9.88 Å². The second-order valence-corrected chi connectivity index (χ2v) is 7.23. The molecule has 1 aromatic heterocycles. The van der Waals surface area contributed by atoms with Crippen molar-refractivity contribution in [3.8, 4) is 0 Å². The van der Waals surface area contributed by atoms with E-state index in [4.69, 9.17) is 0 Å². The van der Waals surface area contributed by atoms with E-state index in [1.54, 1.807) is 43.5 Å². The SMILES string of the molecule is C[C@H](C(=O)Nc1ccnc2c1ccc1ccccc12)N1C(=O)c2ccccc2C1=O. The minimum Gasteiger partial charge on any atom is -0.324 e. The van der Waals surface area contributed by atoms with Crippen LogP contribution in [0.2, 0.25) is 0 Å². The van der Waals surface area contributed by atoms with Crippen LogP contribution in [0, 0.1) is 0 Å². The van der Waals surface area contributed by atoms with Crippen LogP contribution in [0.4, 0.5) is 5.69 Å². The number of pyridine rings is 1. The van der Waals surface area contributed by atoms with E-state index in [9.17, 15) is 14.4 Å². The molecule has 5 rings (SSSR count). The molecule has 6 heteroatoms. The molecular formula is C24H17N3O3. The Bertz CT molecular complexity index is 1330. The fourth-order valence-corrected chi connectivity index (χ4v) is 3.91. The summed E-state index contributed by atoms with van der Waals surface area (Å²) in [4.78, 5) is 43.8. The van der Waals surface area contributed by atoms with Crippen molar-refractivity contribution in [1.29, 1.82) is 0 Å². The Morgan fingerprint density at radius 3 is 2.27 bits per heavy atom. The largest absolute Gasteiger partial charge is 0.324 e. The summed E-state index contributed by atoms with van der Waals surface area (Å²) in [6.45, 7) is 1.55. The highest BCUT2D eigenvalue weighted by molar-refractivity contribution is 6.23. The molecule has 0 aliphatic carbocycles. The molecular weight excluding hydrogens is 378 g/mol. The number of fused-ring (bicyclic) bond motifs is 4. The number of nitrogens with one attached hydrogen (secondary N) is 1. The first-order valence-corrected chi connectivity index (χ1v) is 9.60. The lowest BCUT2D eigenvalue weighted by Gasteiger charge is -2.22. The van der Waals surface area contributed by atoms with Gasteiger partial charge in [0.15, 0.2) is 0 Å². The Morgan fingerprint density at radius 2 is 1.53 bits per heavy atom. The van der Waals surface area contributed by atoms with E-state index in [2.05, 4.69) is 10.3 Å². The van der Waals surface area contributed by atoms with Crippen LogP contribution in [0.25, 0.3) is 21.7 Å². The summed E-state index contributed by atoms with van der Waals surface area (Å²) in [5, 5.41) is 5.70. The van der Waals surface area contributed by atoms with Crippen LogP contribution in [-0.2, 0) is 4.79 Å². The molecule has 1 atom stereocenters. The summed E-state index contributed by atoms with van der Waals surface area (Å²) >= 11 is 0. The van der Waals surface area contributed by atoms with Crippen LogP contribution in [0.15, 0.2) is 72.9 Å². The zero-order chi connectivity index (χ0) is 20.8. The maximum atomic E-state index is 13.0. The lowest BCUT2D eigenvalue weighted by atomic mass is 10.1. The summed E-state index contributed by atoms with van der Waals surface area (Å²) in [5.41, 5.74) is 2.00. The zero-order valence-electron chi connectivity index (χ0n) is 16.1. The standard InChI is InChI=1S/C24H17N3O3/c1-14(27-23(29)17-8-4-5-9-18(17)24(27)30)22(28)26-20-12-13-25-21-16-7-3-2-6-15(16)10-11-19(20)21/h2-14H,1H3,(H,25,26,28)/t14-/m1/s1. The first-order valence-electron chi connectivity index (χ1n) is 9.60. The van der Waals surface area contributed by atoms with Crippen molar-refractivity contribution in [2.45, 2.75) is 13.0 Å². The van der Waals surface area contributed by atoms with Crippen LogP contribution < -0.4 is 5.32 Å². The van der Waals surface area contributed by atoms with E-state index in [0.717, 1.165) is 26.6 Å². The van der Waals surface area contributed by atoms with Crippen molar-refractivity contribution < 1.29 is 14.4 Å². The quantitative estimate of drug-likeness (QED) is 0.420. The first kappa shape index (κ1) is 18.0. The van der Waals surface area contributed by atoms with Gasteiger partial charge in [-0.15, -0.1) is 0 Å². The highest BCUT2D eigenvalue weighted by Gasteiger charge is 2.40. The van der Waals surface area contributed by atoms with Crippen molar-refractivity contribution in [2.24, 2.45) is 0 Å². The molecule has 4 aromatic rings. The lowest BCUT2D eigenvalue weighted by Crippen LogP contribution is -2.45. The molecule has 1 aliphatic rings.